The topological polar surface area (TPSA) is 237 Å². The molecule has 17 nitrogen and oxygen atoms in total. The Labute approximate surface area is 645 Å². The van der Waals surface area contributed by atoms with Crippen LogP contribution in [-0.2, 0) is 65.4 Å². The van der Waals surface area contributed by atoms with Gasteiger partial charge >= 0.3 is 39.5 Å². The molecule has 0 aliphatic rings. The Bertz CT molecular complexity index is 2040. The van der Waals surface area contributed by atoms with Crippen molar-refractivity contribution in [1.82, 2.24) is 0 Å². The van der Waals surface area contributed by atoms with Crippen LogP contribution < -0.4 is 0 Å². The lowest BCUT2D eigenvalue weighted by Gasteiger charge is -2.21. The molecule has 0 saturated heterocycles. The summed E-state index contributed by atoms with van der Waals surface area (Å²) in [6, 6.07) is 0. The Kier molecular flexibility index (Phi) is 73.4. The second kappa shape index (κ2) is 74.8. The molecule has 0 aliphatic carbocycles. The van der Waals surface area contributed by atoms with Crippen molar-refractivity contribution in [2.45, 2.75) is 465 Å². The van der Waals surface area contributed by atoms with Gasteiger partial charge in [0.05, 0.1) is 26.4 Å². The summed E-state index contributed by atoms with van der Waals surface area (Å²) < 4.78 is 68.8. The maximum Gasteiger partial charge on any atom is 0.472 e. The Balaban J connectivity index is 5.21. The minimum atomic E-state index is -4.97. The van der Waals surface area contributed by atoms with Gasteiger partial charge in [-0.15, -0.1) is 0 Å². The Hall–Kier alpha value is -1.94. The molecular formula is C86H168O17P2. The average molecular weight is 1540 g/mol. The second-order valence-electron chi connectivity index (χ2n) is 32.8. The minimum Gasteiger partial charge on any atom is -0.462 e. The molecule has 0 saturated carbocycles. The highest BCUT2D eigenvalue weighted by atomic mass is 31.2. The van der Waals surface area contributed by atoms with E-state index in [1.54, 1.807) is 0 Å². The number of esters is 4. The number of carbonyl (C=O) groups excluding carboxylic acids is 4. The fourth-order valence-corrected chi connectivity index (χ4v) is 14.9. The predicted octanol–water partition coefficient (Wildman–Crippen LogP) is 25.9. The maximum absolute atomic E-state index is 13.1. The van der Waals surface area contributed by atoms with Crippen molar-refractivity contribution in [3.05, 3.63) is 0 Å². The van der Waals surface area contributed by atoms with Crippen molar-refractivity contribution in [3.8, 4) is 0 Å². The summed E-state index contributed by atoms with van der Waals surface area (Å²) in [6.07, 6.45) is 64.1. The molecule has 0 aromatic heterocycles. The molecular weight excluding hydrogens is 1370 g/mol. The largest absolute Gasteiger partial charge is 0.472 e. The van der Waals surface area contributed by atoms with Crippen LogP contribution in [0.4, 0.5) is 0 Å². The highest BCUT2D eigenvalue weighted by molar-refractivity contribution is 7.47. The summed E-state index contributed by atoms with van der Waals surface area (Å²) in [4.78, 5) is 73.2. The van der Waals surface area contributed by atoms with Crippen LogP contribution in [-0.4, -0.2) is 96.7 Å². The van der Waals surface area contributed by atoms with E-state index in [4.69, 9.17) is 37.0 Å². The van der Waals surface area contributed by atoms with Gasteiger partial charge in [-0.25, -0.2) is 9.13 Å². The first kappa shape index (κ1) is 103. The summed E-state index contributed by atoms with van der Waals surface area (Å²) in [7, 11) is -9.93. The van der Waals surface area contributed by atoms with E-state index in [1.165, 1.54) is 250 Å². The molecule has 624 valence electrons. The molecule has 0 aliphatic heterocycles. The molecule has 0 bridgehead atoms. The number of unbranched alkanes of at least 4 members (excludes halogenated alkanes) is 49. The zero-order valence-electron chi connectivity index (χ0n) is 69.4. The first-order valence-corrected chi connectivity index (χ1v) is 47.2. The van der Waals surface area contributed by atoms with Gasteiger partial charge in [-0.05, 0) is 49.4 Å². The van der Waals surface area contributed by atoms with Crippen molar-refractivity contribution >= 4 is 39.5 Å². The first-order chi connectivity index (χ1) is 50.6. The van der Waals surface area contributed by atoms with Crippen molar-refractivity contribution in [1.29, 1.82) is 0 Å². The van der Waals surface area contributed by atoms with E-state index in [9.17, 15) is 43.2 Å². The standard InChI is InChI=1S/C86H168O17P2/c1-76(2)62-54-46-38-30-25-21-17-13-9-11-15-19-23-27-33-42-50-58-66-83(88)96-72-81(102-85(90)68-60-52-44-34-28-24-20-16-12-10-14-18-22-26-31-39-47-55-63-77(3)4)74-100-104(92,93)98-70-80(87)71-99-105(94,95)101-75-82(73-97-84(89)67-59-51-43-37-36-41-49-57-65-79(7)8)103-86(91)69-61-53-45-35-29-32-40-48-56-64-78(5)6/h76-82,87H,9-75H2,1-8H3,(H,92,93)(H,94,95)/t80?,81-,82-/m1/s1. The molecule has 105 heavy (non-hydrogen) atoms. The zero-order chi connectivity index (χ0) is 77.4. The number of aliphatic hydroxyl groups is 1. The third kappa shape index (κ3) is 79.9. The van der Waals surface area contributed by atoms with Gasteiger partial charge in [-0.1, -0.05) is 396 Å². The van der Waals surface area contributed by atoms with Crippen molar-refractivity contribution in [2.75, 3.05) is 39.6 Å². The molecule has 19 heteroatoms. The third-order valence-corrected chi connectivity index (χ3v) is 22.0. The summed E-state index contributed by atoms with van der Waals surface area (Å²) in [5, 5.41) is 10.7. The summed E-state index contributed by atoms with van der Waals surface area (Å²) in [5.74, 6) is 0.996. The van der Waals surface area contributed by atoms with Gasteiger partial charge in [0.15, 0.2) is 12.2 Å². The summed E-state index contributed by atoms with van der Waals surface area (Å²) >= 11 is 0. The van der Waals surface area contributed by atoms with Gasteiger partial charge in [-0.3, -0.25) is 37.3 Å². The molecule has 0 aromatic rings. The number of hydrogen-bond donors (Lipinski definition) is 3. The van der Waals surface area contributed by atoms with Gasteiger partial charge in [-0.2, -0.15) is 0 Å². The smallest absolute Gasteiger partial charge is 0.462 e. The lowest BCUT2D eigenvalue weighted by molar-refractivity contribution is -0.161. The molecule has 0 fully saturated rings. The van der Waals surface area contributed by atoms with E-state index in [-0.39, 0.29) is 25.7 Å². The van der Waals surface area contributed by atoms with Crippen LogP contribution in [0, 0.1) is 23.7 Å². The second-order valence-corrected chi connectivity index (χ2v) is 35.7. The van der Waals surface area contributed by atoms with E-state index < -0.39 is 97.5 Å². The number of carbonyl (C=O) groups is 4. The SMILES string of the molecule is CC(C)CCCCCCCCCCCCCCCCCCCCC(=O)OC[C@H](COP(=O)(O)OCC(O)COP(=O)(O)OC[C@@H](COC(=O)CCCCCCCCCCC(C)C)OC(=O)CCCCCCCCCCCC(C)C)OC(=O)CCCCCCCCCCCCCCCCCCCCC(C)C. The molecule has 0 spiro atoms. The van der Waals surface area contributed by atoms with Gasteiger partial charge in [0.1, 0.15) is 19.3 Å². The van der Waals surface area contributed by atoms with Gasteiger partial charge in [0, 0.05) is 25.7 Å². The molecule has 0 radical (unpaired) electrons. The van der Waals surface area contributed by atoms with E-state index in [2.05, 4.69) is 55.4 Å². The lowest BCUT2D eigenvalue weighted by atomic mass is 10.0. The number of aliphatic hydroxyl groups excluding tert-OH is 1. The lowest BCUT2D eigenvalue weighted by Crippen LogP contribution is -2.30. The van der Waals surface area contributed by atoms with Crippen LogP contribution in [0.25, 0.3) is 0 Å². The van der Waals surface area contributed by atoms with E-state index in [0.29, 0.717) is 25.7 Å². The fraction of sp³-hybridized carbons (Fsp3) is 0.953. The van der Waals surface area contributed by atoms with E-state index in [0.717, 1.165) is 114 Å². The zero-order valence-corrected chi connectivity index (χ0v) is 71.2. The molecule has 0 rings (SSSR count). The van der Waals surface area contributed by atoms with Gasteiger partial charge in [0.2, 0.25) is 0 Å². The van der Waals surface area contributed by atoms with Crippen LogP contribution >= 0.6 is 15.6 Å². The van der Waals surface area contributed by atoms with Crippen molar-refractivity contribution < 1.29 is 80.2 Å². The van der Waals surface area contributed by atoms with E-state index >= 15 is 0 Å². The maximum atomic E-state index is 13.1. The quantitative estimate of drug-likeness (QED) is 0.0222. The summed E-state index contributed by atoms with van der Waals surface area (Å²) in [5.41, 5.74) is 0. The van der Waals surface area contributed by atoms with Crippen LogP contribution in [0.15, 0.2) is 0 Å². The summed E-state index contributed by atoms with van der Waals surface area (Å²) in [6.45, 7) is 14.3. The highest BCUT2D eigenvalue weighted by Crippen LogP contribution is 2.45. The number of rotatable bonds is 83. The first-order valence-electron chi connectivity index (χ1n) is 44.2. The number of ether oxygens (including phenoxy) is 4. The normalized spacial score (nSPS) is 13.9. The number of phosphoric ester groups is 2. The van der Waals surface area contributed by atoms with Crippen molar-refractivity contribution in [3.63, 3.8) is 0 Å². The van der Waals surface area contributed by atoms with Crippen LogP contribution in [0.5, 0.6) is 0 Å². The van der Waals surface area contributed by atoms with Gasteiger partial charge in [0.25, 0.3) is 0 Å². The van der Waals surface area contributed by atoms with Crippen molar-refractivity contribution in [2.24, 2.45) is 23.7 Å². The molecule has 5 atom stereocenters. The highest BCUT2D eigenvalue weighted by Gasteiger charge is 2.30. The predicted molar refractivity (Wildman–Crippen MR) is 432 cm³/mol. The Morgan fingerprint density at radius 2 is 0.400 bits per heavy atom. The molecule has 0 heterocycles. The average Bonchev–Trinajstić information content (AvgIpc) is 0.920. The Morgan fingerprint density at radius 1 is 0.238 bits per heavy atom. The third-order valence-electron chi connectivity index (χ3n) is 20.1. The Morgan fingerprint density at radius 3 is 0.590 bits per heavy atom. The van der Waals surface area contributed by atoms with Crippen LogP contribution in [0.3, 0.4) is 0 Å². The fourth-order valence-electron chi connectivity index (χ4n) is 13.3. The number of phosphoric acid groups is 2. The monoisotopic (exact) mass is 1540 g/mol. The molecule has 0 aromatic carbocycles. The molecule has 3 N–H and O–H groups in total. The molecule has 0 amide bonds. The van der Waals surface area contributed by atoms with E-state index in [1.807, 2.05) is 0 Å². The van der Waals surface area contributed by atoms with Crippen LogP contribution in [0.1, 0.15) is 447 Å². The van der Waals surface area contributed by atoms with Gasteiger partial charge < -0.3 is 33.8 Å². The number of hydrogen-bond acceptors (Lipinski definition) is 15. The molecule has 3 unspecified atom stereocenters. The minimum absolute atomic E-state index is 0.105. The van der Waals surface area contributed by atoms with Crippen LogP contribution in [0.2, 0.25) is 0 Å².